The van der Waals surface area contributed by atoms with Gasteiger partial charge in [-0.05, 0) is 36.4 Å². The third-order valence-electron chi connectivity index (χ3n) is 6.23. The Morgan fingerprint density at radius 2 is 2.00 bits per heavy atom. The maximum atomic E-state index is 13.3. The molecule has 10 nitrogen and oxygen atoms in total. The van der Waals surface area contributed by atoms with E-state index in [0.29, 0.717) is 54.0 Å². The smallest absolute Gasteiger partial charge is 0.230 e. The fraction of sp³-hybridized carbons (Fsp3) is 0.259. The molecule has 3 heterocycles. The number of amides is 1. The van der Waals surface area contributed by atoms with Crippen molar-refractivity contribution in [2.45, 2.75) is 12.8 Å². The monoisotopic (exact) mass is 546 g/mol. The molecule has 4 aromatic rings. The van der Waals surface area contributed by atoms with Crippen molar-refractivity contribution < 1.29 is 13.4 Å². The number of hydrogen-bond donors (Lipinski definition) is 4. The van der Waals surface area contributed by atoms with Crippen molar-refractivity contribution in [1.29, 1.82) is 4.78 Å². The lowest BCUT2D eigenvalue weighted by Crippen LogP contribution is -2.40. The number of hydrogen-bond acceptors (Lipinski definition) is 8. The molecular weight excluding hydrogens is 519 g/mol. The van der Waals surface area contributed by atoms with Gasteiger partial charge in [0, 0.05) is 75.7 Å². The standard InChI is InChI=1S/C27H27FN8O2S/c28-20-5-3-6-21(15-20)32-26(37)17-22-16-25(35-34-22)33-27-23-8-7-19(14-24(23)30-18-31-27)4-1-2-9-36-10-12-39(29,38)13-11-36/h3,5-8,14-16,18,29H,2,9-13,17H2,(H,32,37)(H2,30,31,33,34,35). The van der Waals surface area contributed by atoms with E-state index in [9.17, 15) is 13.4 Å². The largest absolute Gasteiger partial charge is 0.326 e. The van der Waals surface area contributed by atoms with Crippen LogP contribution in [0.1, 0.15) is 17.7 Å². The topological polar surface area (TPSA) is 140 Å². The summed E-state index contributed by atoms with van der Waals surface area (Å²) in [5.74, 6) is 7.58. The predicted molar refractivity (Wildman–Crippen MR) is 149 cm³/mol. The third-order valence-corrected chi connectivity index (χ3v) is 7.92. The average molecular weight is 547 g/mol. The molecule has 200 valence electrons. The number of rotatable bonds is 7. The second kappa shape index (κ2) is 11.6. The molecule has 2 aromatic carbocycles. The Morgan fingerprint density at radius 1 is 1.15 bits per heavy atom. The van der Waals surface area contributed by atoms with Gasteiger partial charge in [-0.1, -0.05) is 17.9 Å². The summed E-state index contributed by atoms with van der Waals surface area (Å²) < 4.78 is 32.8. The Balaban J connectivity index is 1.18. The van der Waals surface area contributed by atoms with E-state index < -0.39 is 15.5 Å². The first-order chi connectivity index (χ1) is 18.8. The zero-order valence-corrected chi connectivity index (χ0v) is 21.9. The number of carbonyl (C=O) groups is 1. The summed E-state index contributed by atoms with van der Waals surface area (Å²) >= 11 is 0. The van der Waals surface area contributed by atoms with E-state index in [2.05, 4.69) is 47.5 Å². The van der Waals surface area contributed by atoms with E-state index in [0.717, 1.165) is 23.0 Å². The van der Waals surface area contributed by atoms with Crippen LogP contribution in [-0.4, -0.2) is 66.3 Å². The minimum atomic E-state index is -2.38. The Labute approximate surface area is 225 Å². The molecule has 0 aliphatic carbocycles. The summed E-state index contributed by atoms with van der Waals surface area (Å²) in [5, 5.41) is 13.7. The second-order valence-corrected chi connectivity index (χ2v) is 11.6. The Morgan fingerprint density at radius 3 is 2.82 bits per heavy atom. The number of benzene rings is 2. The highest BCUT2D eigenvalue weighted by Crippen LogP contribution is 2.23. The van der Waals surface area contributed by atoms with Gasteiger partial charge in [-0.25, -0.2) is 18.6 Å². The number of halogens is 1. The number of nitrogens with one attached hydrogen (secondary N) is 4. The Hall–Kier alpha value is -4.34. The number of aromatic amines is 1. The summed E-state index contributed by atoms with van der Waals surface area (Å²) in [4.78, 5) is 23.2. The number of nitrogens with zero attached hydrogens (tertiary/aromatic N) is 4. The van der Waals surface area contributed by atoms with Gasteiger partial charge < -0.3 is 15.5 Å². The molecule has 0 unspecified atom stereocenters. The van der Waals surface area contributed by atoms with E-state index >= 15 is 0 Å². The van der Waals surface area contributed by atoms with Crippen molar-refractivity contribution in [2.24, 2.45) is 0 Å². The van der Waals surface area contributed by atoms with Crippen LogP contribution in [0, 0.1) is 22.4 Å². The normalized spacial score (nSPS) is 14.9. The van der Waals surface area contributed by atoms with Crippen molar-refractivity contribution in [3.8, 4) is 11.8 Å². The van der Waals surface area contributed by atoms with Gasteiger partial charge in [-0.3, -0.25) is 14.7 Å². The van der Waals surface area contributed by atoms with Crippen LogP contribution >= 0.6 is 0 Å². The molecule has 12 heteroatoms. The van der Waals surface area contributed by atoms with Crippen molar-refractivity contribution in [3.63, 3.8) is 0 Å². The molecule has 2 aromatic heterocycles. The van der Waals surface area contributed by atoms with Gasteiger partial charge in [0.05, 0.1) is 11.9 Å². The summed E-state index contributed by atoms with van der Waals surface area (Å²) in [7, 11) is -2.38. The fourth-order valence-electron chi connectivity index (χ4n) is 4.19. The molecule has 0 saturated carbocycles. The van der Waals surface area contributed by atoms with Crippen LogP contribution in [0.2, 0.25) is 0 Å². The van der Waals surface area contributed by atoms with Gasteiger partial charge in [-0.2, -0.15) is 5.10 Å². The zero-order valence-electron chi connectivity index (χ0n) is 21.0. The number of carbonyl (C=O) groups excluding carboxylic acids is 1. The summed E-state index contributed by atoms with van der Waals surface area (Å²) in [6.45, 7) is 2.17. The highest BCUT2D eigenvalue weighted by atomic mass is 32.2. The first-order valence-corrected chi connectivity index (χ1v) is 14.3. The van der Waals surface area contributed by atoms with Crippen molar-refractivity contribution in [2.75, 3.05) is 41.8 Å². The minimum Gasteiger partial charge on any atom is -0.326 e. The van der Waals surface area contributed by atoms with E-state index in [-0.39, 0.29) is 12.3 Å². The van der Waals surface area contributed by atoms with Gasteiger partial charge >= 0.3 is 0 Å². The maximum Gasteiger partial charge on any atom is 0.230 e. The summed E-state index contributed by atoms with van der Waals surface area (Å²) in [6.07, 6.45) is 2.19. The van der Waals surface area contributed by atoms with Crippen LogP contribution in [0.4, 0.5) is 21.7 Å². The maximum absolute atomic E-state index is 13.3. The molecule has 1 aliphatic heterocycles. The molecule has 0 bridgehead atoms. The molecule has 1 aliphatic rings. The predicted octanol–water partition coefficient (Wildman–Crippen LogP) is 3.52. The third kappa shape index (κ3) is 7.16. The number of anilines is 3. The SMILES string of the molecule is N=S1(=O)CCN(CCC#Cc2ccc3c(Nc4cc(CC(=O)Nc5cccc(F)c5)[nH]n4)ncnc3c2)CC1. The van der Waals surface area contributed by atoms with Crippen LogP contribution in [0.3, 0.4) is 0 Å². The number of H-pyrrole nitrogens is 1. The van der Waals surface area contributed by atoms with Crippen LogP contribution in [0.5, 0.6) is 0 Å². The molecule has 1 saturated heterocycles. The van der Waals surface area contributed by atoms with Gasteiger partial charge in [-0.15, -0.1) is 0 Å². The minimum absolute atomic E-state index is 0.0419. The Kier molecular flexibility index (Phi) is 7.81. The van der Waals surface area contributed by atoms with Gasteiger partial charge in [0.2, 0.25) is 5.91 Å². The van der Waals surface area contributed by atoms with E-state index in [4.69, 9.17) is 4.78 Å². The first-order valence-electron chi connectivity index (χ1n) is 12.4. The highest BCUT2D eigenvalue weighted by molar-refractivity contribution is 7.92. The quantitative estimate of drug-likeness (QED) is 0.260. The molecule has 1 fully saturated rings. The molecule has 0 radical (unpaired) electrons. The lowest BCUT2D eigenvalue weighted by atomic mass is 10.1. The second-order valence-electron chi connectivity index (χ2n) is 9.21. The van der Waals surface area contributed by atoms with E-state index in [1.54, 1.807) is 12.1 Å². The Bertz CT molecular complexity index is 1660. The van der Waals surface area contributed by atoms with Crippen molar-refractivity contribution in [3.05, 3.63) is 71.9 Å². The zero-order chi connectivity index (χ0) is 27.2. The number of fused-ring (bicyclic) bond motifs is 1. The molecule has 39 heavy (non-hydrogen) atoms. The molecule has 4 N–H and O–H groups in total. The highest BCUT2D eigenvalue weighted by Gasteiger charge is 2.17. The van der Waals surface area contributed by atoms with Crippen LogP contribution in [0.25, 0.3) is 10.9 Å². The van der Waals surface area contributed by atoms with Gasteiger partial charge in [0.1, 0.15) is 18.0 Å². The van der Waals surface area contributed by atoms with Crippen LogP contribution in [0.15, 0.2) is 54.9 Å². The average Bonchev–Trinajstić information content (AvgIpc) is 3.34. The lowest BCUT2D eigenvalue weighted by molar-refractivity contribution is -0.115. The van der Waals surface area contributed by atoms with E-state index in [1.807, 2.05) is 18.2 Å². The number of aromatic nitrogens is 4. The van der Waals surface area contributed by atoms with Crippen LogP contribution in [-0.2, 0) is 20.9 Å². The fourth-order valence-corrected chi connectivity index (χ4v) is 5.50. The van der Waals surface area contributed by atoms with Crippen LogP contribution < -0.4 is 10.6 Å². The van der Waals surface area contributed by atoms with E-state index in [1.165, 1.54) is 24.5 Å². The molecule has 1 amide bonds. The van der Waals surface area contributed by atoms with Crippen molar-refractivity contribution >= 4 is 43.9 Å². The van der Waals surface area contributed by atoms with Gasteiger partial charge in [0.15, 0.2) is 5.82 Å². The summed E-state index contributed by atoms with van der Waals surface area (Å²) in [6, 6.07) is 13.1. The first kappa shape index (κ1) is 26.3. The van der Waals surface area contributed by atoms with Gasteiger partial charge in [0.25, 0.3) is 0 Å². The molecule has 0 atom stereocenters. The molecule has 5 rings (SSSR count). The van der Waals surface area contributed by atoms with Crippen molar-refractivity contribution in [1.82, 2.24) is 25.1 Å². The lowest BCUT2D eigenvalue weighted by Gasteiger charge is -2.26. The molecular formula is C27H27FN8O2S. The summed E-state index contributed by atoms with van der Waals surface area (Å²) in [5.41, 5.74) is 2.54. The molecule has 0 spiro atoms.